The Morgan fingerprint density at radius 1 is 1.27 bits per heavy atom. The number of rotatable bonds is 1. The molecule has 15 heavy (non-hydrogen) atoms. The van der Waals surface area contributed by atoms with Gasteiger partial charge < -0.3 is 4.74 Å². The molecule has 1 aromatic heterocycles. The number of ether oxygens (including phenoxy) is 1. The summed E-state index contributed by atoms with van der Waals surface area (Å²) in [6.45, 7) is 6.29. The molecule has 1 aromatic carbocycles. The zero-order valence-electron chi connectivity index (χ0n) is 9.48. The van der Waals surface area contributed by atoms with Crippen molar-refractivity contribution in [3.8, 4) is 5.75 Å². The third-order valence-electron chi connectivity index (χ3n) is 2.29. The van der Waals surface area contributed by atoms with Crippen LogP contribution in [0.4, 0.5) is 0 Å². The smallest absolute Gasteiger partial charge is 0.121 e. The molecule has 0 amide bonds. The number of benzene rings is 1. The number of nitrogens with zero attached hydrogens (tertiary/aromatic N) is 3. The molecule has 0 radical (unpaired) electrons. The van der Waals surface area contributed by atoms with Gasteiger partial charge in [-0.05, 0) is 32.9 Å². The molecule has 4 heteroatoms. The standard InChI is InChI=1S/C11H15N3O/c1-11(2,3)14-10-7-8(15-4)5-6-9(10)12-13-14/h5-7H,1-4H3. The fourth-order valence-corrected chi connectivity index (χ4v) is 1.52. The fourth-order valence-electron chi connectivity index (χ4n) is 1.52. The van der Waals surface area contributed by atoms with Crippen molar-refractivity contribution in [2.24, 2.45) is 0 Å². The Hall–Kier alpha value is -1.58. The molecular weight excluding hydrogens is 190 g/mol. The molecule has 2 rings (SSSR count). The average Bonchev–Trinajstić information content (AvgIpc) is 2.59. The van der Waals surface area contributed by atoms with Crippen molar-refractivity contribution in [1.82, 2.24) is 15.0 Å². The lowest BCUT2D eigenvalue weighted by Crippen LogP contribution is -2.23. The summed E-state index contributed by atoms with van der Waals surface area (Å²) in [5.74, 6) is 0.829. The summed E-state index contributed by atoms with van der Waals surface area (Å²) in [6.07, 6.45) is 0. The van der Waals surface area contributed by atoms with Crippen molar-refractivity contribution in [2.75, 3.05) is 7.11 Å². The molecule has 4 nitrogen and oxygen atoms in total. The molecule has 0 fully saturated rings. The van der Waals surface area contributed by atoms with Gasteiger partial charge >= 0.3 is 0 Å². The lowest BCUT2D eigenvalue weighted by Gasteiger charge is -2.19. The minimum Gasteiger partial charge on any atom is -0.497 e. The molecule has 0 N–H and O–H groups in total. The first-order chi connectivity index (χ1) is 7.02. The molecule has 0 bridgehead atoms. The van der Waals surface area contributed by atoms with Gasteiger partial charge in [0.25, 0.3) is 0 Å². The van der Waals surface area contributed by atoms with E-state index in [1.54, 1.807) is 7.11 Å². The fraction of sp³-hybridized carbons (Fsp3) is 0.455. The molecule has 0 saturated carbocycles. The third kappa shape index (κ3) is 1.67. The second-order valence-electron chi connectivity index (χ2n) is 4.53. The van der Waals surface area contributed by atoms with Crippen LogP contribution in [0.3, 0.4) is 0 Å². The summed E-state index contributed by atoms with van der Waals surface area (Å²) >= 11 is 0. The van der Waals surface area contributed by atoms with E-state index >= 15 is 0 Å². The van der Waals surface area contributed by atoms with Crippen LogP contribution in [0.15, 0.2) is 18.2 Å². The van der Waals surface area contributed by atoms with Gasteiger partial charge in [-0.3, -0.25) is 0 Å². The number of aromatic nitrogens is 3. The summed E-state index contributed by atoms with van der Waals surface area (Å²) in [6, 6.07) is 5.77. The zero-order chi connectivity index (χ0) is 11.1. The minimum absolute atomic E-state index is 0.0683. The van der Waals surface area contributed by atoms with Crippen LogP contribution < -0.4 is 4.74 Å². The van der Waals surface area contributed by atoms with Crippen LogP contribution in [0.5, 0.6) is 5.75 Å². The molecular formula is C11H15N3O. The van der Waals surface area contributed by atoms with Gasteiger partial charge in [-0.15, -0.1) is 5.10 Å². The molecule has 0 atom stereocenters. The lowest BCUT2D eigenvalue weighted by molar-refractivity contribution is 0.358. The zero-order valence-corrected chi connectivity index (χ0v) is 9.48. The molecule has 0 saturated heterocycles. The van der Waals surface area contributed by atoms with Crippen molar-refractivity contribution in [3.05, 3.63) is 18.2 Å². The largest absolute Gasteiger partial charge is 0.497 e. The quantitative estimate of drug-likeness (QED) is 0.716. The van der Waals surface area contributed by atoms with Gasteiger partial charge in [0.2, 0.25) is 0 Å². The first-order valence-corrected chi connectivity index (χ1v) is 4.92. The van der Waals surface area contributed by atoms with Crippen LogP contribution in [0, 0.1) is 0 Å². The van der Waals surface area contributed by atoms with Gasteiger partial charge in [0.15, 0.2) is 0 Å². The summed E-state index contributed by atoms with van der Waals surface area (Å²) in [7, 11) is 1.66. The van der Waals surface area contributed by atoms with E-state index in [0.717, 1.165) is 16.8 Å². The maximum Gasteiger partial charge on any atom is 0.121 e. The van der Waals surface area contributed by atoms with Gasteiger partial charge in [0.05, 0.1) is 18.2 Å². The van der Waals surface area contributed by atoms with E-state index in [1.165, 1.54) is 0 Å². The molecule has 0 aliphatic rings. The summed E-state index contributed by atoms with van der Waals surface area (Å²) in [5, 5.41) is 8.27. The highest BCUT2D eigenvalue weighted by molar-refractivity contribution is 5.76. The van der Waals surface area contributed by atoms with E-state index < -0.39 is 0 Å². The maximum absolute atomic E-state index is 5.19. The van der Waals surface area contributed by atoms with Crippen molar-refractivity contribution in [2.45, 2.75) is 26.3 Å². The topological polar surface area (TPSA) is 39.9 Å². The SMILES string of the molecule is COc1ccc2nnn(C(C)(C)C)c2c1. The first-order valence-electron chi connectivity index (χ1n) is 4.92. The first kappa shape index (κ1) is 9.96. The maximum atomic E-state index is 5.19. The molecule has 2 aromatic rings. The Morgan fingerprint density at radius 3 is 2.60 bits per heavy atom. The summed E-state index contributed by atoms with van der Waals surface area (Å²) in [4.78, 5) is 0. The minimum atomic E-state index is -0.0683. The van der Waals surface area contributed by atoms with Gasteiger partial charge in [0.1, 0.15) is 11.3 Å². The summed E-state index contributed by atoms with van der Waals surface area (Å²) < 4.78 is 7.10. The Morgan fingerprint density at radius 2 is 2.00 bits per heavy atom. The molecule has 1 heterocycles. The Bertz CT molecular complexity index is 482. The van der Waals surface area contributed by atoms with Crippen molar-refractivity contribution in [1.29, 1.82) is 0 Å². The number of hydrogen-bond acceptors (Lipinski definition) is 3. The third-order valence-corrected chi connectivity index (χ3v) is 2.29. The Kier molecular flexibility index (Phi) is 2.14. The lowest BCUT2D eigenvalue weighted by atomic mass is 10.1. The van der Waals surface area contributed by atoms with E-state index in [0.29, 0.717) is 0 Å². The van der Waals surface area contributed by atoms with Crippen molar-refractivity contribution >= 4 is 11.0 Å². The molecule has 0 aliphatic heterocycles. The van der Waals surface area contributed by atoms with Crippen LogP contribution in [0.2, 0.25) is 0 Å². The van der Waals surface area contributed by atoms with E-state index in [9.17, 15) is 0 Å². The number of fused-ring (bicyclic) bond motifs is 1. The van der Waals surface area contributed by atoms with Crippen molar-refractivity contribution < 1.29 is 4.74 Å². The van der Waals surface area contributed by atoms with Crippen LogP contribution in [0.1, 0.15) is 20.8 Å². The van der Waals surface area contributed by atoms with Gasteiger partial charge in [-0.25, -0.2) is 4.68 Å². The second-order valence-corrected chi connectivity index (χ2v) is 4.53. The highest BCUT2D eigenvalue weighted by Crippen LogP contribution is 2.23. The number of hydrogen-bond donors (Lipinski definition) is 0. The van der Waals surface area contributed by atoms with Crippen LogP contribution in [-0.4, -0.2) is 22.1 Å². The second kappa shape index (κ2) is 3.22. The molecule has 0 spiro atoms. The molecule has 80 valence electrons. The molecule has 0 aliphatic carbocycles. The van der Waals surface area contributed by atoms with E-state index in [1.807, 2.05) is 22.9 Å². The Labute approximate surface area is 88.8 Å². The van der Waals surface area contributed by atoms with Crippen LogP contribution in [0.25, 0.3) is 11.0 Å². The van der Waals surface area contributed by atoms with Crippen LogP contribution >= 0.6 is 0 Å². The van der Waals surface area contributed by atoms with E-state index in [-0.39, 0.29) is 5.54 Å². The predicted octanol–water partition coefficient (Wildman–Crippen LogP) is 2.19. The van der Waals surface area contributed by atoms with Gasteiger partial charge in [-0.2, -0.15) is 0 Å². The number of methoxy groups -OCH3 is 1. The monoisotopic (exact) mass is 205 g/mol. The highest BCUT2D eigenvalue weighted by Gasteiger charge is 2.17. The predicted molar refractivity (Wildman–Crippen MR) is 59.1 cm³/mol. The van der Waals surface area contributed by atoms with Gasteiger partial charge in [-0.1, -0.05) is 5.21 Å². The van der Waals surface area contributed by atoms with E-state index in [2.05, 4.69) is 31.1 Å². The van der Waals surface area contributed by atoms with Crippen LogP contribution in [-0.2, 0) is 5.54 Å². The van der Waals surface area contributed by atoms with Gasteiger partial charge in [0, 0.05) is 6.07 Å². The average molecular weight is 205 g/mol. The summed E-state index contributed by atoms with van der Waals surface area (Å²) in [5.41, 5.74) is 1.83. The Balaban J connectivity index is 2.67. The molecule has 0 unspecified atom stereocenters. The van der Waals surface area contributed by atoms with E-state index in [4.69, 9.17) is 4.74 Å². The normalized spacial score (nSPS) is 12.0. The highest BCUT2D eigenvalue weighted by atomic mass is 16.5. The van der Waals surface area contributed by atoms with Crippen molar-refractivity contribution in [3.63, 3.8) is 0 Å².